The van der Waals surface area contributed by atoms with E-state index < -0.39 is 23.5 Å². The maximum atomic E-state index is 13.3. The van der Waals surface area contributed by atoms with E-state index in [9.17, 15) is 14.7 Å². The SMILES string of the molecule is COc1ccc(/C(O)=C2\C(=O)C(=O)N(c3cc(C)on3)[C@H]2c2cccc(OC)c2OC)cc1OC. The zero-order valence-corrected chi connectivity index (χ0v) is 19.8. The zero-order chi connectivity index (χ0) is 25.3. The highest BCUT2D eigenvalue weighted by molar-refractivity contribution is 6.51. The van der Waals surface area contributed by atoms with Crippen LogP contribution in [0.4, 0.5) is 5.82 Å². The van der Waals surface area contributed by atoms with Crippen LogP contribution in [0.25, 0.3) is 5.76 Å². The van der Waals surface area contributed by atoms with Crippen LogP contribution < -0.4 is 23.8 Å². The summed E-state index contributed by atoms with van der Waals surface area (Å²) in [5.74, 6) is -0.153. The fraction of sp³-hybridized carbons (Fsp3) is 0.240. The molecule has 2 aromatic carbocycles. The van der Waals surface area contributed by atoms with Gasteiger partial charge >= 0.3 is 5.91 Å². The second kappa shape index (κ2) is 9.41. The van der Waals surface area contributed by atoms with Gasteiger partial charge in [-0.05, 0) is 31.2 Å². The Kier molecular flexibility index (Phi) is 6.37. The number of aliphatic hydroxyl groups is 1. The lowest BCUT2D eigenvalue weighted by Gasteiger charge is -2.25. The average molecular weight is 480 g/mol. The van der Waals surface area contributed by atoms with Crippen molar-refractivity contribution in [3.05, 3.63) is 64.9 Å². The van der Waals surface area contributed by atoms with Gasteiger partial charge < -0.3 is 28.6 Å². The van der Waals surface area contributed by atoms with Crippen LogP contribution in [-0.4, -0.2) is 50.4 Å². The molecule has 2 heterocycles. The number of aliphatic hydroxyl groups excluding tert-OH is 1. The molecule has 35 heavy (non-hydrogen) atoms. The lowest BCUT2D eigenvalue weighted by molar-refractivity contribution is -0.132. The summed E-state index contributed by atoms with van der Waals surface area (Å²) in [6.07, 6.45) is 0. The van der Waals surface area contributed by atoms with Crippen molar-refractivity contribution in [1.82, 2.24) is 5.16 Å². The minimum absolute atomic E-state index is 0.117. The number of carbonyl (C=O) groups excluding carboxylic acids is 2. The van der Waals surface area contributed by atoms with Crippen LogP contribution in [0.1, 0.15) is 22.9 Å². The summed E-state index contributed by atoms with van der Waals surface area (Å²) in [4.78, 5) is 27.8. The molecular weight excluding hydrogens is 456 g/mol. The minimum Gasteiger partial charge on any atom is -0.507 e. The number of aryl methyl sites for hydroxylation is 1. The van der Waals surface area contributed by atoms with Gasteiger partial charge in [0.1, 0.15) is 17.6 Å². The van der Waals surface area contributed by atoms with Gasteiger partial charge in [0.05, 0.1) is 34.0 Å². The molecule has 1 fully saturated rings. The van der Waals surface area contributed by atoms with E-state index in [1.54, 1.807) is 37.3 Å². The first kappa shape index (κ1) is 23.7. The monoisotopic (exact) mass is 480 g/mol. The average Bonchev–Trinajstić information content (AvgIpc) is 3.42. The maximum absolute atomic E-state index is 13.3. The van der Waals surface area contributed by atoms with Crippen LogP contribution in [0.2, 0.25) is 0 Å². The summed E-state index contributed by atoms with van der Waals surface area (Å²) >= 11 is 0. The van der Waals surface area contributed by atoms with Crippen LogP contribution in [0.3, 0.4) is 0 Å². The molecule has 10 heteroatoms. The summed E-state index contributed by atoms with van der Waals surface area (Å²) < 4.78 is 26.7. The van der Waals surface area contributed by atoms with Crippen LogP contribution in [0.15, 0.2) is 52.6 Å². The van der Waals surface area contributed by atoms with Crippen molar-refractivity contribution in [3.8, 4) is 23.0 Å². The molecular formula is C25H24N2O8. The number of Topliss-reactive ketones (excluding diaryl/α,β-unsaturated/α-hetero) is 1. The van der Waals surface area contributed by atoms with E-state index in [0.717, 1.165) is 0 Å². The van der Waals surface area contributed by atoms with Crippen molar-refractivity contribution in [2.45, 2.75) is 13.0 Å². The molecule has 0 unspecified atom stereocenters. The number of rotatable bonds is 7. The standard InChI is InChI=1S/C25H24N2O8/c1-13-11-19(26-35-13)27-21(15-7-6-8-17(32-3)24(15)34-5)20(23(29)25(27)30)22(28)14-9-10-16(31-2)18(12-14)33-4/h6-12,21,28H,1-5H3/b22-20+/t21-/m0/s1. The largest absolute Gasteiger partial charge is 0.507 e. The first-order valence-electron chi connectivity index (χ1n) is 10.5. The highest BCUT2D eigenvalue weighted by atomic mass is 16.5. The molecule has 4 rings (SSSR count). The van der Waals surface area contributed by atoms with E-state index in [0.29, 0.717) is 34.3 Å². The van der Waals surface area contributed by atoms with E-state index in [2.05, 4.69) is 5.16 Å². The van der Waals surface area contributed by atoms with Gasteiger partial charge in [0, 0.05) is 17.2 Å². The van der Waals surface area contributed by atoms with E-state index in [-0.39, 0.29) is 17.0 Å². The van der Waals surface area contributed by atoms with E-state index in [4.69, 9.17) is 23.5 Å². The molecule has 0 radical (unpaired) electrons. The number of carbonyl (C=O) groups is 2. The smallest absolute Gasteiger partial charge is 0.301 e. The number of anilines is 1. The highest BCUT2D eigenvalue weighted by Gasteiger charge is 2.49. The number of aromatic nitrogens is 1. The Balaban J connectivity index is 2.00. The first-order valence-corrected chi connectivity index (χ1v) is 10.5. The molecule has 10 nitrogen and oxygen atoms in total. The third-order valence-electron chi connectivity index (χ3n) is 5.69. The third-order valence-corrected chi connectivity index (χ3v) is 5.69. The van der Waals surface area contributed by atoms with Crippen LogP contribution in [-0.2, 0) is 9.59 Å². The van der Waals surface area contributed by atoms with Gasteiger partial charge in [-0.3, -0.25) is 14.5 Å². The van der Waals surface area contributed by atoms with Gasteiger partial charge in [-0.15, -0.1) is 0 Å². The van der Waals surface area contributed by atoms with Gasteiger partial charge in [-0.25, -0.2) is 0 Å². The molecule has 1 N–H and O–H groups in total. The van der Waals surface area contributed by atoms with E-state index in [1.165, 1.54) is 45.5 Å². The van der Waals surface area contributed by atoms with E-state index >= 15 is 0 Å². The molecule has 0 aliphatic carbocycles. The van der Waals surface area contributed by atoms with Gasteiger partial charge in [-0.1, -0.05) is 17.3 Å². The molecule has 182 valence electrons. The van der Waals surface area contributed by atoms with Crippen LogP contribution >= 0.6 is 0 Å². The lowest BCUT2D eigenvalue weighted by atomic mass is 9.94. The minimum atomic E-state index is -1.09. The Labute approximate surface area is 201 Å². The fourth-order valence-corrected chi connectivity index (χ4v) is 4.10. The van der Waals surface area contributed by atoms with Gasteiger partial charge in [0.2, 0.25) is 0 Å². The Morgan fingerprint density at radius 2 is 1.66 bits per heavy atom. The maximum Gasteiger partial charge on any atom is 0.301 e. The summed E-state index contributed by atoms with van der Waals surface area (Å²) in [6, 6.07) is 10.2. The van der Waals surface area contributed by atoms with Crippen molar-refractivity contribution >= 4 is 23.3 Å². The van der Waals surface area contributed by atoms with Crippen molar-refractivity contribution in [1.29, 1.82) is 0 Å². The Bertz CT molecular complexity index is 1330. The predicted octanol–water partition coefficient (Wildman–Crippen LogP) is 3.64. The number of benzene rings is 2. The Morgan fingerprint density at radius 1 is 0.943 bits per heavy atom. The molecule has 1 aliphatic rings. The molecule has 1 atom stereocenters. The van der Waals surface area contributed by atoms with Crippen molar-refractivity contribution in [2.24, 2.45) is 0 Å². The summed E-state index contributed by atoms with van der Waals surface area (Å²) in [6.45, 7) is 1.66. The molecule has 0 spiro atoms. The van der Waals surface area contributed by atoms with Gasteiger partial charge in [0.15, 0.2) is 28.8 Å². The fourth-order valence-electron chi connectivity index (χ4n) is 4.10. The lowest BCUT2D eigenvalue weighted by Crippen LogP contribution is -2.30. The molecule has 1 saturated heterocycles. The molecule has 3 aromatic rings. The van der Waals surface area contributed by atoms with Crippen molar-refractivity contribution < 1.29 is 38.2 Å². The number of hydrogen-bond donors (Lipinski definition) is 1. The zero-order valence-electron chi connectivity index (χ0n) is 19.8. The number of para-hydroxylation sites is 1. The number of amides is 1. The summed E-state index contributed by atoms with van der Waals surface area (Å²) in [5, 5.41) is 15.3. The normalized spacial score (nSPS) is 16.9. The van der Waals surface area contributed by atoms with Crippen LogP contribution in [0.5, 0.6) is 23.0 Å². The molecule has 1 aliphatic heterocycles. The molecule has 1 amide bonds. The Hall–Kier alpha value is -4.47. The number of hydrogen-bond acceptors (Lipinski definition) is 9. The summed E-state index contributed by atoms with van der Waals surface area (Å²) in [5.41, 5.74) is 0.506. The van der Waals surface area contributed by atoms with Crippen LogP contribution in [0, 0.1) is 6.92 Å². The molecule has 1 aromatic heterocycles. The number of ether oxygens (including phenoxy) is 4. The number of methoxy groups -OCH3 is 4. The van der Waals surface area contributed by atoms with E-state index in [1.807, 2.05) is 0 Å². The highest BCUT2D eigenvalue weighted by Crippen LogP contribution is 2.47. The van der Waals surface area contributed by atoms with Crippen molar-refractivity contribution in [2.75, 3.05) is 33.3 Å². The second-order valence-electron chi connectivity index (χ2n) is 7.62. The van der Waals surface area contributed by atoms with Gasteiger partial charge in [0.25, 0.3) is 5.78 Å². The quantitative estimate of drug-likeness (QED) is 0.307. The third kappa shape index (κ3) is 3.92. The van der Waals surface area contributed by atoms with Gasteiger partial charge in [-0.2, -0.15) is 0 Å². The first-order chi connectivity index (χ1) is 16.9. The van der Waals surface area contributed by atoms with Crippen molar-refractivity contribution in [3.63, 3.8) is 0 Å². The summed E-state index contributed by atoms with van der Waals surface area (Å²) in [7, 11) is 5.86. The predicted molar refractivity (Wildman–Crippen MR) is 125 cm³/mol. The number of ketones is 1. The Morgan fingerprint density at radius 3 is 2.26 bits per heavy atom. The number of nitrogens with zero attached hydrogens (tertiary/aromatic N) is 2. The second-order valence-corrected chi connectivity index (χ2v) is 7.62. The molecule has 0 saturated carbocycles. The topological polar surface area (TPSA) is 121 Å². The molecule has 0 bridgehead atoms.